The van der Waals surface area contributed by atoms with Crippen LogP contribution < -0.4 is 15.4 Å². The predicted octanol–water partition coefficient (Wildman–Crippen LogP) is 2.65. The highest BCUT2D eigenvalue weighted by atomic mass is 16.5. The standard InChI is InChI=1S/C22H31N3O3/c1-25(14-20(26)24-18-4-3-5-19(9-18)28-2)21(27)13-23-22-10-15-6-16(11-22)8-17(7-15)12-22/h3-5,9,15-17,23H,6-8,10-14H2,1-2H3,(H,24,26). The number of benzene rings is 1. The summed E-state index contributed by atoms with van der Waals surface area (Å²) in [6.07, 6.45) is 7.81. The third-order valence-corrected chi connectivity index (χ3v) is 6.81. The minimum atomic E-state index is -0.209. The lowest BCUT2D eigenvalue weighted by atomic mass is 9.53. The average molecular weight is 386 g/mol. The van der Waals surface area contributed by atoms with Crippen LogP contribution in [-0.2, 0) is 9.59 Å². The average Bonchev–Trinajstić information content (AvgIpc) is 2.65. The maximum atomic E-state index is 12.6. The Morgan fingerprint density at radius 3 is 2.39 bits per heavy atom. The third kappa shape index (κ3) is 4.17. The molecule has 0 heterocycles. The molecule has 0 atom stereocenters. The van der Waals surface area contributed by atoms with Crippen molar-refractivity contribution in [1.82, 2.24) is 10.2 Å². The van der Waals surface area contributed by atoms with E-state index in [0.717, 1.165) is 17.8 Å². The lowest BCUT2D eigenvalue weighted by molar-refractivity contribution is -0.133. The van der Waals surface area contributed by atoms with E-state index >= 15 is 0 Å². The van der Waals surface area contributed by atoms with Crippen molar-refractivity contribution in [3.05, 3.63) is 24.3 Å². The molecule has 0 aromatic heterocycles. The zero-order valence-corrected chi connectivity index (χ0v) is 16.9. The van der Waals surface area contributed by atoms with E-state index in [-0.39, 0.29) is 23.9 Å². The van der Waals surface area contributed by atoms with E-state index in [0.29, 0.717) is 18.0 Å². The zero-order valence-electron chi connectivity index (χ0n) is 16.9. The predicted molar refractivity (Wildman–Crippen MR) is 108 cm³/mol. The Hall–Kier alpha value is -2.08. The summed E-state index contributed by atoms with van der Waals surface area (Å²) >= 11 is 0. The summed E-state index contributed by atoms with van der Waals surface area (Å²) in [6.45, 7) is 0.355. The summed E-state index contributed by atoms with van der Waals surface area (Å²) in [7, 11) is 3.28. The highest BCUT2D eigenvalue weighted by Gasteiger charge is 2.50. The maximum Gasteiger partial charge on any atom is 0.243 e. The van der Waals surface area contributed by atoms with Crippen LogP contribution in [0.5, 0.6) is 5.75 Å². The summed E-state index contributed by atoms with van der Waals surface area (Å²) < 4.78 is 5.16. The number of hydrogen-bond donors (Lipinski definition) is 2. The van der Waals surface area contributed by atoms with E-state index in [2.05, 4.69) is 10.6 Å². The van der Waals surface area contributed by atoms with Gasteiger partial charge in [-0.3, -0.25) is 9.59 Å². The molecule has 2 amide bonds. The third-order valence-electron chi connectivity index (χ3n) is 6.81. The van der Waals surface area contributed by atoms with E-state index in [1.807, 2.05) is 12.1 Å². The fourth-order valence-electron chi connectivity index (χ4n) is 5.93. The molecule has 4 aliphatic carbocycles. The molecule has 2 N–H and O–H groups in total. The van der Waals surface area contributed by atoms with Gasteiger partial charge in [-0.25, -0.2) is 0 Å². The molecule has 1 aromatic rings. The van der Waals surface area contributed by atoms with Crippen molar-refractivity contribution in [2.24, 2.45) is 17.8 Å². The Morgan fingerprint density at radius 2 is 1.79 bits per heavy atom. The lowest BCUT2D eigenvalue weighted by Gasteiger charge is -2.57. The minimum Gasteiger partial charge on any atom is -0.497 e. The molecule has 6 heteroatoms. The first-order valence-corrected chi connectivity index (χ1v) is 10.4. The largest absolute Gasteiger partial charge is 0.497 e. The summed E-state index contributed by atoms with van der Waals surface area (Å²) in [5.41, 5.74) is 0.825. The molecule has 0 unspecified atom stereocenters. The van der Waals surface area contributed by atoms with Gasteiger partial charge in [-0.15, -0.1) is 0 Å². The van der Waals surface area contributed by atoms with Gasteiger partial charge in [0.1, 0.15) is 5.75 Å². The van der Waals surface area contributed by atoms with Gasteiger partial charge in [0.15, 0.2) is 0 Å². The second-order valence-electron chi connectivity index (χ2n) is 9.08. The van der Waals surface area contributed by atoms with Crippen LogP contribution in [0.4, 0.5) is 5.69 Å². The van der Waals surface area contributed by atoms with Gasteiger partial charge in [-0.05, 0) is 68.4 Å². The van der Waals surface area contributed by atoms with Crippen molar-refractivity contribution in [3.63, 3.8) is 0 Å². The quantitative estimate of drug-likeness (QED) is 0.757. The molecule has 0 saturated heterocycles. The number of rotatable bonds is 7. The SMILES string of the molecule is COc1cccc(NC(=O)CN(C)C(=O)CNC23CC4CC(CC(C4)C2)C3)c1. The van der Waals surface area contributed by atoms with Gasteiger partial charge in [0.2, 0.25) is 11.8 Å². The van der Waals surface area contributed by atoms with Crippen LogP contribution >= 0.6 is 0 Å². The summed E-state index contributed by atoms with van der Waals surface area (Å²) in [4.78, 5) is 26.4. The Morgan fingerprint density at radius 1 is 1.14 bits per heavy atom. The first-order valence-electron chi connectivity index (χ1n) is 10.4. The number of ether oxygens (including phenoxy) is 1. The first-order chi connectivity index (χ1) is 13.4. The van der Waals surface area contributed by atoms with E-state index in [1.165, 1.54) is 43.4 Å². The van der Waals surface area contributed by atoms with Crippen LogP contribution in [0.25, 0.3) is 0 Å². The van der Waals surface area contributed by atoms with Crippen LogP contribution in [0.15, 0.2) is 24.3 Å². The van der Waals surface area contributed by atoms with Gasteiger partial charge in [0, 0.05) is 24.3 Å². The lowest BCUT2D eigenvalue weighted by Crippen LogP contribution is -2.60. The Balaban J connectivity index is 1.26. The number of amides is 2. The van der Waals surface area contributed by atoms with Crippen molar-refractivity contribution in [3.8, 4) is 5.75 Å². The Bertz CT molecular complexity index is 713. The second kappa shape index (κ2) is 7.74. The van der Waals surface area contributed by atoms with Crippen LogP contribution in [0.3, 0.4) is 0 Å². The van der Waals surface area contributed by atoms with E-state index in [9.17, 15) is 9.59 Å². The molecule has 152 valence electrons. The molecular weight excluding hydrogens is 354 g/mol. The van der Waals surface area contributed by atoms with Gasteiger partial charge in [0.05, 0.1) is 20.2 Å². The van der Waals surface area contributed by atoms with Crippen molar-refractivity contribution in [1.29, 1.82) is 0 Å². The number of nitrogens with one attached hydrogen (secondary N) is 2. The normalized spacial score (nSPS) is 30.1. The first kappa shape index (κ1) is 19.2. The van der Waals surface area contributed by atoms with Crippen LogP contribution in [-0.4, -0.2) is 49.5 Å². The van der Waals surface area contributed by atoms with Crippen molar-refractivity contribution in [2.75, 3.05) is 32.6 Å². The van der Waals surface area contributed by atoms with Crippen molar-refractivity contribution < 1.29 is 14.3 Å². The highest BCUT2D eigenvalue weighted by molar-refractivity contribution is 5.94. The highest BCUT2D eigenvalue weighted by Crippen LogP contribution is 2.55. The molecule has 0 spiro atoms. The van der Waals surface area contributed by atoms with Gasteiger partial charge < -0.3 is 20.3 Å². The molecule has 4 bridgehead atoms. The number of methoxy groups -OCH3 is 1. The molecule has 6 nitrogen and oxygen atoms in total. The number of hydrogen-bond acceptors (Lipinski definition) is 4. The van der Waals surface area contributed by atoms with Crippen LogP contribution in [0, 0.1) is 17.8 Å². The van der Waals surface area contributed by atoms with Gasteiger partial charge in [0.25, 0.3) is 0 Å². The molecule has 28 heavy (non-hydrogen) atoms. The number of carbonyl (C=O) groups is 2. The summed E-state index contributed by atoms with van der Waals surface area (Å²) in [5, 5.41) is 6.43. The summed E-state index contributed by atoms with van der Waals surface area (Å²) in [5.74, 6) is 2.98. The Labute approximate surface area is 167 Å². The van der Waals surface area contributed by atoms with Gasteiger partial charge >= 0.3 is 0 Å². The van der Waals surface area contributed by atoms with E-state index < -0.39 is 0 Å². The maximum absolute atomic E-state index is 12.6. The minimum absolute atomic E-state index is 0.0310. The molecule has 4 fully saturated rings. The fourth-order valence-corrected chi connectivity index (χ4v) is 5.93. The smallest absolute Gasteiger partial charge is 0.243 e. The molecule has 0 aliphatic heterocycles. The molecule has 5 rings (SSSR count). The molecule has 4 saturated carbocycles. The van der Waals surface area contributed by atoms with Crippen molar-refractivity contribution >= 4 is 17.5 Å². The topological polar surface area (TPSA) is 70.7 Å². The number of likely N-dealkylation sites (N-methyl/N-ethyl adjacent to an activating group) is 1. The molecule has 4 aliphatic rings. The number of carbonyl (C=O) groups excluding carboxylic acids is 2. The van der Waals surface area contributed by atoms with Gasteiger partial charge in [-0.2, -0.15) is 0 Å². The molecular formula is C22H31N3O3. The summed E-state index contributed by atoms with van der Waals surface area (Å²) in [6, 6.07) is 7.20. The van der Waals surface area contributed by atoms with E-state index in [4.69, 9.17) is 4.74 Å². The molecule has 1 aromatic carbocycles. The van der Waals surface area contributed by atoms with Crippen LogP contribution in [0.1, 0.15) is 38.5 Å². The van der Waals surface area contributed by atoms with Gasteiger partial charge in [-0.1, -0.05) is 6.07 Å². The second-order valence-corrected chi connectivity index (χ2v) is 9.08. The van der Waals surface area contributed by atoms with E-state index in [1.54, 1.807) is 26.3 Å². The number of nitrogens with zero attached hydrogens (tertiary/aromatic N) is 1. The fraction of sp³-hybridized carbons (Fsp3) is 0.636. The Kier molecular flexibility index (Phi) is 5.32. The van der Waals surface area contributed by atoms with Crippen molar-refractivity contribution in [2.45, 2.75) is 44.1 Å². The monoisotopic (exact) mass is 385 g/mol. The zero-order chi connectivity index (χ0) is 19.7. The number of anilines is 1. The molecule has 0 radical (unpaired) electrons. The van der Waals surface area contributed by atoms with Crippen LogP contribution in [0.2, 0.25) is 0 Å².